The first-order valence-electron chi connectivity index (χ1n) is 10.2. The molecule has 4 rings (SSSR count). The van der Waals surface area contributed by atoms with Crippen LogP contribution >= 0.6 is 0 Å². The number of nitrogens with zero attached hydrogens (tertiary/aromatic N) is 4. The Hall–Kier alpha value is -2.40. The summed E-state index contributed by atoms with van der Waals surface area (Å²) >= 11 is 0. The molecular formula is C21H25Cl2F3N6O. The van der Waals surface area contributed by atoms with E-state index < -0.39 is 12.0 Å². The number of alkyl halides is 3. The van der Waals surface area contributed by atoms with E-state index in [0.717, 1.165) is 24.9 Å². The van der Waals surface area contributed by atoms with Crippen LogP contribution < -0.4 is 40.2 Å². The summed E-state index contributed by atoms with van der Waals surface area (Å²) in [6.07, 6.45) is -2.44. The number of methoxy groups -OCH3 is 1. The molecule has 7 nitrogen and oxygen atoms in total. The fourth-order valence-electron chi connectivity index (χ4n) is 4.20. The van der Waals surface area contributed by atoms with E-state index in [1.54, 1.807) is 19.2 Å². The molecule has 3 aromatic rings. The summed E-state index contributed by atoms with van der Waals surface area (Å²) in [5.74, 6) is -0.531. The smallest absolute Gasteiger partial charge is 0.453 e. The topological polar surface area (TPSA) is 86.0 Å². The predicted octanol–water partition coefficient (Wildman–Crippen LogP) is -4.77. The van der Waals surface area contributed by atoms with Gasteiger partial charge in [-0.3, -0.25) is 0 Å². The zero-order valence-corrected chi connectivity index (χ0v) is 19.4. The van der Waals surface area contributed by atoms with E-state index in [1.165, 1.54) is 11.6 Å². The van der Waals surface area contributed by atoms with Gasteiger partial charge in [-0.05, 0) is 28.6 Å². The summed E-state index contributed by atoms with van der Waals surface area (Å²) < 4.78 is 45.8. The molecule has 180 valence electrons. The van der Waals surface area contributed by atoms with E-state index >= 15 is 0 Å². The van der Waals surface area contributed by atoms with Crippen LogP contribution in [-0.2, 0) is 12.7 Å². The molecular weight excluding hydrogens is 482 g/mol. The third-order valence-corrected chi connectivity index (χ3v) is 5.68. The summed E-state index contributed by atoms with van der Waals surface area (Å²) in [7, 11) is 1.55. The van der Waals surface area contributed by atoms with E-state index in [0.29, 0.717) is 29.1 Å². The quantitative estimate of drug-likeness (QED) is 0.351. The second-order valence-electron chi connectivity index (χ2n) is 7.61. The molecule has 2 atom stereocenters. The number of halogens is 5. The van der Waals surface area contributed by atoms with Gasteiger partial charge in [0.05, 0.1) is 24.9 Å². The second-order valence-corrected chi connectivity index (χ2v) is 7.61. The summed E-state index contributed by atoms with van der Waals surface area (Å²) in [5.41, 5.74) is 2.32. The first-order valence-corrected chi connectivity index (χ1v) is 10.2. The summed E-state index contributed by atoms with van der Waals surface area (Å²) in [4.78, 5) is 0. The van der Waals surface area contributed by atoms with E-state index in [1.807, 2.05) is 18.2 Å². The summed E-state index contributed by atoms with van der Waals surface area (Å²) in [6.45, 7) is 1.66. The Kier molecular flexibility index (Phi) is 9.47. The highest BCUT2D eigenvalue weighted by molar-refractivity contribution is 5.44. The van der Waals surface area contributed by atoms with Gasteiger partial charge in [-0.15, -0.1) is 5.10 Å². The number of nitrogens with two attached hydrogens (primary N) is 2. The molecule has 0 radical (unpaired) electrons. The van der Waals surface area contributed by atoms with Gasteiger partial charge in [0.2, 0.25) is 0 Å². The van der Waals surface area contributed by atoms with Crippen molar-refractivity contribution in [3.05, 3.63) is 65.5 Å². The lowest BCUT2D eigenvalue weighted by Gasteiger charge is -2.28. The third kappa shape index (κ3) is 6.14. The van der Waals surface area contributed by atoms with E-state index in [4.69, 9.17) is 4.74 Å². The minimum Gasteiger partial charge on any atom is -1.00 e. The van der Waals surface area contributed by atoms with Gasteiger partial charge in [0, 0.05) is 18.4 Å². The van der Waals surface area contributed by atoms with Crippen molar-refractivity contribution in [2.45, 2.75) is 37.6 Å². The highest BCUT2D eigenvalue weighted by atomic mass is 35.5. The number of tetrazole rings is 1. The Balaban J connectivity index is 0.00000193. The van der Waals surface area contributed by atoms with Crippen molar-refractivity contribution >= 4 is 0 Å². The molecule has 0 amide bonds. The zero-order valence-electron chi connectivity index (χ0n) is 17.8. The molecule has 0 bridgehead atoms. The Morgan fingerprint density at radius 1 is 1.15 bits per heavy atom. The van der Waals surface area contributed by atoms with E-state index in [2.05, 4.69) is 38.3 Å². The van der Waals surface area contributed by atoms with Gasteiger partial charge in [0.15, 0.2) is 6.04 Å². The Labute approximate surface area is 201 Å². The van der Waals surface area contributed by atoms with Crippen LogP contribution in [0.5, 0.6) is 5.75 Å². The summed E-state index contributed by atoms with van der Waals surface area (Å²) in [5, 5.41) is 14.5. The monoisotopic (exact) mass is 506 g/mol. The van der Waals surface area contributed by atoms with Crippen molar-refractivity contribution in [2.24, 2.45) is 0 Å². The molecule has 0 unspecified atom stereocenters. The molecule has 12 heteroatoms. The SMILES string of the molecule is COc1ccc(-n2nnnc2C(F)(F)F)cc1[14CH2][NH2+][C@H]1CCC[NH2+][C@H]1c1ccccc1.[Cl-].[Cl-]. The number of piperidine rings is 1. The van der Waals surface area contributed by atoms with Gasteiger partial charge in [-0.25, -0.2) is 0 Å². The molecule has 0 spiro atoms. The number of hydrogen-bond donors (Lipinski definition) is 2. The van der Waals surface area contributed by atoms with Crippen molar-refractivity contribution in [1.29, 1.82) is 0 Å². The number of rotatable bonds is 6. The standard InChI is InChI=1S/C21H23F3N6O.2ClH/c1-31-18-10-9-16(30-20(21(22,23)24)27-28-29-30)12-15(18)13-26-17-8-5-11-25-19(17)14-6-3-2-4-7-14;;/h2-4,6-7,9-10,12,17,19,25-26H,5,8,11,13H2,1H3;2*1H/t17-,19-;;/m0../s1/i13+2;;. The molecule has 1 aromatic heterocycles. The average molecular weight is 507 g/mol. The number of hydrogen-bond acceptors (Lipinski definition) is 4. The van der Waals surface area contributed by atoms with Gasteiger partial charge >= 0.3 is 6.18 Å². The zero-order chi connectivity index (χ0) is 21.8. The molecule has 1 aliphatic rings. The molecule has 2 aromatic carbocycles. The molecule has 4 N–H and O–H groups in total. The maximum atomic E-state index is 13.2. The van der Waals surface area contributed by atoms with Crippen LogP contribution in [0.15, 0.2) is 48.5 Å². The normalized spacial score (nSPS) is 18.2. The largest absolute Gasteiger partial charge is 1.00 e. The third-order valence-electron chi connectivity index (χ3n) is 5.68. The predicted molar refractivity (Wildman–Crippen MR) is 105 cm³/mol. The van der Waals surface area contributed by atoms with Crippen LogP contribution in [0.3, 0.4) is 0 Å². The van der Waals surface area contributed by atoms with Gasteiger partial charge in [0.25, 0.3) is 5.82 Å². The Morgan fingerprint density at radius 2 is 1.91 bits per heavy atom. The number of aromatic nitrogens is 4. The van der Waals surface area contributed by atoms with Crippen molar-refractivity contribution in [1.82, 2.24) is 20.2 Å². The Bertz CT molecular complexity index is 1020. The Morgan fingerprint density at radius 3 is 2.61 bits per heavy atom. The maximum absolute atomic E-state index is 13.2. The highest BCUT2D eigenvalue weighted by Gasteiger charge is 2.38. The van der Waals surface area contributed by atoms with Gasteiger partial charge in [-0.1, -0.05) is 30.3 Å². The molecule has 1 fully saturated rings. The fraction of sp³-hybridized carbons (Fsp3) is 0.381. The van der Waals surface area contributed by atoms with Crippen molar-refractivity contribution in [3.63, 3.8) is 0 Å². The van der Waals surface area contributed by atoms with E-state index in [9.17, 15) is 13.2 Å². The number of ether oxygens (including phenoxy) is 1. The van der Waals surface area contributed by atoms with Gasteiger partial charge < -0.3 is 40.2 Å². The first-order chi connectivity index (χ1) is 15.0. The van der Waals surface area contributed by atoms with Crippen LogP contribution in [0.2, 0.25) is 0 Å². The van der Waals surface area contributed by atoms with Crippen molar-refractivity contribution in [3.8, 4) is 11.4 Å². The van der Waals surface area contributed by atoms with Crippen LogP contribution in [-0.4, -0.2) is 39.9 Å². The van der Waals surface area contributed by atoms with Gasteiger partial charge in [0.1, 0.15) is 18.3 Å². The first kappa shape index (κ1) is 26.8. The molecule has 0 saturated carbocycles. The maximum Gasteiger partial charge on any atom is 0.453 e. The molecule has 1 aliphatic heterocycles. The van der Waals surface area contributed by atoms with E-state index in [-0.39, 0.29) is 30.5 Å². The number of quaternary nitrogens is 2. The van der Waals surface area contributed by atoms with Crippen LogP contribution in [0.4, 0.5) is 13.2 Å². The lowest BCUT2D eigenvalue weighted by atomic mass is 9.93. The molecule has 0 aliphatic carbocycles. The van der Waals surface area contributed by atoms with Crippen molar-refractivity contribution < 1.29 is 53.4 Å². The molecule has 2 heterocycles. The van der Waals surface area contributed by atoms with Crippen LogP contribution in [0.25, 0.3) is 5.69 Å². The highest BCUT2D eigenvalue weighted by Crippen LogP contribution is 2.29. The molecule has 1 saturated heterocycles. The molecule has 33 heavy (non-hydrogen) atoms. The fourth-order valence-corrected chi connectivity index (χ4v) is 4.20. The minimum atomic E-state index is -4.64. The minimum absolute atomic E-state index is 0. The second kappa shape index (κ2) is 11.6. The lowest BCUT2D eigenvalue weighted by Crippen LogP contribution is -3.01. The van der Waals surface area contributed by atoms with Gasteiger partial charge in [-0.2, -0.15) is 17.9 Å². The summed E-state index contributed by atoms with van der Waals surface area (Å²) in [6, 6.07) is 15.9. The van der Waals surface area contributed by atoms with Crippen LogP contribution in [0.1, 0.15) is 35.8 Å². The lowest BCUT2D eigenvalue weighted by molar-refractivity contribution is -0.797. The number of benzene rings is 2. The average Bonchev–Trinajstić information content (AvgIpc) is 3.29. The van der Waals surface area contributed by atoms with Crippen LogP contribution in [0, 0.1) is 0 Å². The van der Waals surface area contributed by atoms with Crippen molar-refractivity contribution in [2.75, 3.05) is 13.7 Å².